The standard InChI is InChI=1S/C14H16Br2FN3/c1-3-7-20-14(11(16)8-19-20)13(18-2)9-5-4-6-10(15)12(9)17/h4-6,8,13,18H,3,7H2,1-2H3. The number of aryl methyl sites for hydroxylation is 1. The zero-order chi connectivity index (χ0) is 14.7. The molecule has 1 aromatic heterocycles. The molecule has 20 heavy (non-hydrogen) atoms. The molecule has 1 atom stereocenters. The molecule has 1 heterocycles. The SMILES string of the molecule is CCCn1ncc(Br)c1C(NC)c1cccc(Br)c1F. The minimum atomic E-state index is -0.254. The first-order valence-electron chi connectivity index (χ1n) is 6.42. The normalized spacial score (nSPS) is 12.7. The first-order valence-corrected chi connectivity index (χ1v) is 8.01. The zero-order valence-corrected chi connectivity index (χ0v) is 14.5. The van der Waals surface area contributed by atoms with Crippen LogP contribution in [0.3, 0.4) is 0 Å². The van der Waals surface area contributed by atoms with Crippen LogP contribution in [0.4, 0.5) is 4.39 Å². The Kier molecular flexibility index (Phi) is 5.35. The van der Waals surface area contributed by atoms with E-state index < -0.39 is 0 Å². The van der Waals surface area contributed by atoms with Crippen LogP contribution in [-0.4, -0.2) is 16.8 Å². The molecule has 0 saturated heterocycles. The maximum atomic E-state index is 14.3. The molecule has 0 fully saturated rings. The Bertz CT molecular complexity index is 598. The van der Waals surface area contributed by atoms with E-state index in [1.165, 1.54) is 0 Å². The molecular weight excluding hydrogens is 389 g/mol. The summed E-state index contributed by atoms with van der Waals surface area (Å²) in [5.41, 5.74) is 1.53. The Morgan fingerprint density at radius 3 is 2.75 bits per heavy atom. The fourth-order valence-electron chi connectivity index (χ4n) is 2.23. The molecule has 0 saturated carbocycles. The molecule has 1 N–H and O–H groups in total. The number of nitrogens with one attached hydrogen (secondary N) is 1. The molecule has 0 aliphatic carbocycles. The summed E-state index contributed by atoms with van der Waals surface area (Å²) in [6.07, 6.45) is 2.73. The van der Waals surface area contributed by atoms with Crippen molar-refractivity contribution in [3.8, 4) is 0 Å². The molecule has 1 aromatic carbocycles. The maximum Gasteiger partial charge on any atom is 0.142 e. The monoisotopic (exact) mass is 403 g/mol. The van der Waals surface area contributed by atoms with Crippen LogP contribution < -0.4 is 5.32 Å². The van der Waals surface area contributed by atoms with Crippen molar-refractivity contribution >= 4 is 31.9 Å². The van der Waals surface area contributed by atoms with Gasteiger partial charge in [0.25, 0.3) is 0 Å². The first kappa shape index (κ1) is 15.7. The van der Waals surface area contributed by atoms with Gasteiger partial charge in [-0.05, 0) is 51.4 Å². The predicted molar refractivity (Wildman–Crippen MR) is 85.2 cm³/mol. The van der Waals surface area contributed by atoms with Gasteiger partial charge in [-0.25, -0.2) is 4.39 Å². The summed E-state index contributed by atoms with van der Waals surface area (Å²) in [7, 11) is 1.82. The molecule has 0 radical (unpaired) electrons. The zero-order valence-electron chi connectivity index (χ0n) is 11.3. The third kappa shape index (κ3) is 2.97. The van der Waals surface area contributed by atoms with E-state index in [-0.39, 0.29) is 11.9 Å². The molecule has 2 rings (SSSR count). The van der Waals surface area contributed by atoms with E-state index in [1.54, 1.807) is 18.3 Å². The molecule has 2 aromatic rings. The second-order valence-corrected chi connectivity index (χ2v) is 6.17. The number of hydrogen-bond donors (Lipinski definition) is 1. The van der Waals surface area contributed by atoms with Gasteiger partial charge in [0.2, 0.25) is 0 Å². The van der Waals surface area contributed by atoms with Crippen LogP contribution in [0.25, 0.3) is 0 Å². The van der Waals surface area contributed by atoms with Crippen LogP contribution in [0.1, 0.15) is 30.6 Å². The first-order chi connectivity index (χ1) is 9.60. The third-order valence-electron chi connectivity index (χ3n) is 3.12. The van der Waals surface area contributed by atoms with Crippen molar-refractivity contribution in [3.05, 3.63) is 50.4 Å². The van der Waals surface area contributed by atoms with Crippen molar-refractivity contribution in [2.24, 2.45) is 0 Å². The van der Waals surface area contributed by atoms with Crippen molar-refractivity contribution in [1.82, 2.24) is 15.1 Å². The molecule has 0 aliphatic rings. The molecule has 0 aliphatic heterocycles. The highest BCUT2D eigenvalue weighted by Crippen LogP contribution is 2.32. The third-order valence-corrected chi connectivity index (χ3v) is 4.35. The number of hydrogen-bond acceptors (Lipinski definition) is 2. The molecule has 1 unspecified atom stereocenters. The lowest BCUT2D eigenvalue weighted by atomic mass is 10.0. The van der Waals surface area contributed by atoms with Crippen LogP contribution in [0.15, 0.2) is 33.3 Å². The number of aromatic nitrogens is 2. The van der Waals surface area contributed by atoms with Gasteiger partial charge in [-0.1, -0.05) is 19.1 Å². The maximum absolute atomic E-state index is 14.3. The van der Waals surface area contributed by atoms with E-state index in [2.05, 4.69) is 49.2 Å². The van der Waals surface area contributed by atoms with Crippen molar-refractivity contribution in [2.45, 2.75) is 25.9 Å². The van der Waals surface area contributed by atoms with Crippen LogP contribution in [0.5, 0.6) is 0 Å². The summed E-state index contributed by atoms with van der Waals surface area (Å²) in [5, 5.41) is 7.52. The summed E-state index contributed by atoms with van der Waals surface area (Å²) in [6, 6.07) is 5.07. The Balaban J connectivity index is 2.52. The smallest absolute Gasteiger partial charge is 0.142 e. The lowest BCUT2D eigenvalue weighted by molar-refractivity contribution is 0.513. The molecule has 108 valence electrons. The highest BCUT2D eigenvalue weighted by Gasteiger charge is 2.23. The highest BCUT2D eigenvalue weighted by atomic mass is 79.9. The predicted octanol–water partition coefficient (Wildman–Crippen LogP) is 4.27. The minimum absolute atomic E-state index is 0.247. The van der Waals surface area contributed by atoms with E-state index >= 15 is 0 Å². The van der Waals surface area contributed by atoms with Gasteiger partial charge in [-0.2, -0.15) is 5.10 Å². The summed E-state index contributed by atoms with van der Waals surface area (Å²) in [6.45, 7) is 2.89. The van der Waals surface area contributed by atoms with Gasteiger partial charge in [-0.3, -0.25) is 4.68 Å². The molecule has 6 heteroatoms. The number of rotatable bonds is 5. The fourth-order valence-corrected chi connectivity index (χ4v) is 3.14. The number of nitrogens with zero attached hydrogens (tertiary/aromatic N) is 2. The van der Waals surface area contributed by atoms with Gasteiger partial charge >= 0.3 is 0 Å². The van der Waals surface area contributed by atoms with Gasteiger partial charge in [-0.15, -0.1) is 0 Å². The Hall–Kier alpha value is -0.720. The summed E-state index contributed by atoms with van der Waals surface area (Å²) in [4.78, 5) is 0. The van der Waals surface area contributed by atoms with Gasteiger partial charge in [0.05, 0.1) is 26.9 Å². The van der Waals surface area contributed by atoms with Crippen LogP contribution >= 0.6 is 31.9 Å². The molecule has 0 spiro atoms. The van der Waals surface area contributed by atoms with Gasteiger partial charge < -0.3 is 5.32 Å². The Morgan fingerprint density at radius 1 is 1.35 bits per heavy atom. The van der Waals surface area contributed by atoms with Gasteiger partial charge in [0, 0.05) is 12.1 Å². The average molecular weight is 405 g/mol. The van der Waals surface area contributed by atoms with Crippen molar-refractivity contribution < 1.29 is 4.39 Å². The summed E-state index contributed by atoms with van der Waals surface area (Å²) >= 11 is 6.75. The second-order valence-electron chi connectivity index (χ2n) is 4.47. The highest BCUT2D eigenvalue weighted by molar-refractivity contribution is 9.10. The lowest BCUT2D eigenvalue weighted by Crippen LogP contribution is -2.23. The Labute approximate surface area is 134 Å². The Morgan fingerprint density at radius 2 is 2.10 bits per heavy atom. The van der Waals surface area contributed by atoms with E-state index in [9.17, 15) is 4.39 Å². The van der Waals surface area contributed by atoms with Crippen LogP contribution in [0.2, 0.25) is 0 Å². The largest absolute Gasteiger partial charge is 0.308 e. The van der Waals surface area contributed by atoms with Crippen LogP contribution in [0, 0.1) is 5.82 Å². The minimum Gasteiger partial charge on any atom is -0.308 e. The van der Waals surface area contributed by atoms with Gasteiger partial charge in [0.1, 0.15) is 5.82 Å². The quantitative estimate of drug-likeness (QED) is 0.806. The molecule has 3 nitrogen and oxygen atoms in total. The molecule has 0 bridgehead atoms. The topological polar surface area (TPSA) is 29.9 Å². The van der Waals surface area contributed by atoms with Crippen molar-refractivity contribution in [1.29, 1.82) is 0 Å². The number of benzene rings is 1. The van der Waals surface area contributed by atoms with E-state index in [1.807, 2.05) is 17.8 Å². The van der Waals surface area contributed by atoms with E-state index in [0.29, 0.717) is 10.0 Å². The molecule has 0 amide bonds. The molecular formula is C14H16Br2FN3. The van der Waals surface area contributed by atoms with Crippen LogP contribution in [-0.2, 0) is 6.54 Å². The summed E-state index contributed by atoms with van der Waals surface area (Å²) in [5.74, 6) is -0.247. The van der Waals surface area contributed by atoms with Gasteiger partial charge in [0.15, 0.2) is 0 Å². The van der Waals surface area contributed by atoms with E-state index in [0.717, 1.165) is 23.1 Å². The second kappa shape index (κ2) is 6.83. The lowest BCUT2D eigenvalue weighted by Gasteiger charge is -2.20. The average Bonchev–Trinajstić information content (AvgIpc) is 2.78. The fraction of sp³-hybridized carbons (Fsp3) is 0.357. The number of halogens is 3. The van der Waals surface area contributed by atoms with Crippen molar-refractivity contribution in [2.75, 3.05) is 7.05 Å². The van der Waals surface area contributed by atoms with E-state index in [4.69, 9.17) is 0 Å². The summed E-state index contributed by atoms with van der Waals surface area (Å²) < 4.78 is 17.6. The van der Waals surface area contributed by atoms with Crippen molar-refractivity contribution in [3.63, 3.8) is 0 Å².